The minimum atomic E-state index is -2.22. The van der Waals surface area contributed by atoms with E-state index in [9.17, 15) is 54.3 Å². The zero-order chi connectivity index (χ0) is 60.2. The standard InChI is InChI=1S/C52H93N7O20/c1-29(58(17)45(68)78-50(11,12)13)35(62)40(71-23-22-60)74-37-33(55-41(64)52(70)20-21-59(28-52)46(69)79-51(14,15)16)24-34(57-44(67)77-49(8,9)10)38(36(37)63)73-39-32(56-43(66)76-48(5,6)7)19-18-31(72-39)27-53-25-30(61)26-54-42(65)75-47(2,3)4/h18,29-30,32-40,53,60-63,70H,19-28H2,1-17H3,(H,54,65)(H,55,64)(H,56,66)(H,57,67)/t29-,30?,32+,33+,34-,35+,36+,37-,38+,39+,40+,52?/m0/s1. The van der Waals surface area contributed by atoms with Crippen molar-refractivity contribution in [1.82, 2.24) is 36.4 Å². The third-order valence-corrected chi connectivity index (χ3v) is 11.8. The van der Waals surface area contributed by atoms with Crippen LogP contribution in [0.1, 0.15) is 130 Å². The molecule has 1 aliphatic carbocycles. The number of hydrogen-bond donors (Lipinski definition) is 10. The number of carbonyl (C=O) groups excluding carboxylic acids is 6. The van der Waals surface area contributed by atoms with Crippen molar-refractivity contribution in [2.24, 2.45) is 0 Å². The van der Waals surface area contributed by atoms with Crippen LogP contribution in [0.15, 0.2) is 11.8 Å². The average Bonchev–Trinajstić information content (AvgIpc) is 3.69. The Kier molecular flexibility index (Phi) is 24.3. The molecule has 3 rings (SSSR count). The number of aliphatic hydroxyl groups excluding tert-OH is 4. The predicted molar refractivity (Wildman–Crippen MR) is 283 cm³/mol. The van der Waals surface area contributed by atoms with Crippen LogP contribution in [0.5, 0.6) is 0 Å². The summed E-state index contributed by atoms with van der Waals surface area (Å²) >= 11 is 0. The molecule has 1 saturated heterocycles. The summed E-state index contributed by atoms with van der Waals surface area (Å²) in [5.41, 5.74) is -6.79. The molecule has 10 N–H and O–H groups in total. The Morgan fingerprint density at radius 1 is 0.759 bits per heavy atom. The summed E-state index contributed by atoms with van der Waals surface area (Å²) in [5, 5.41) is 71.0. The van der Waals surface area contributed by atoms with Crippen LogP contribution in [0.3, 0.4) is 0 Å². The van der Waals surface area contributed by atoms with Crippen LogP contribution in [0, 0.1) is 0 Å². The molecule has 2 unspecified atom stereocenters. The lowest BCUT2D eigenvalue weighted by Gasteiger charge is -2.48. The molecule has 2 aliphatic heterocycles. The van der Waals surface area contributed by atoms with Crippen LogP contribution in [-0.4, -0.2) is 226 Å². The van der Waals surface area contributed by atoms with Gasteiger partial charge >= 0.3 is 30.5 Å². The summed E-state index contributed by atoms with van der Waals surface area (Å²) in [6.07, 6.45) is -14.6. The number of amides is 6. The van der Waals surface area contributed by atoms with Crippen molar-refractivity contribution in [1.29, 1.82) is 0 Å². The van der Waals surface area contributed by atoms with Gasteiger partial charge in [-0.25, -0.2) is 24.0 Å². The summed E-state index contributed by atoms with van der Waals surface area (Å²) in [7, 11) is 1.36. The van der Waals surface area contributed by atoms with E-state index >= 15 is 0 Å². The molecule has 2 fully saturated rings. The monoisotopic (exact) mass is 1140 g/mol. The van der Waals surface area contributed by atoms with E-state index in [0.29, 0.717) is 0 Å². The maximum atomic E-state index is 14.4. The molecule has 27 nitrogen and oxygen atoms in total. The summed E-state index contributed by atoms with van der Waals surface area (Å²) in [4.78, 5) is 82.3. The summed E-state index contributed by atoms with van der Waals surface area (Å²) in [6, 6.07) is -4.96. The van der Waals surface area contributed by atoms with Gasteiger partial charge in [0, 0.05) is 33.1 Å². The molecular formula is C52H93N7O20. The minimum absolute atomic E-state index is 0.0267. The Morgan fingerprint density at radius 3 is 1.84 bits per heavy atom. The zero-order valence-corrected chi connectivity index (χ0v) is 49.3. The highest BCUT2D eigenvalue weighted by molar-refractivity contribution is 5.87. The van der Waals surface area contributed by atoms with Crippen molar-refractivity contribution in [2.45, 2.75) is 231 Å². The van der Waals surface area contributed by atoms with Gasteiger partial charge in [0.2, 0.25) is 6.29 Å². The molecule has 0 bridgehead atoms. The van der Waals surface area contributed by atoms with Gasteiger partial charge in [0.25, 0.3) is 5.91 Å². The van der Waals surface area contributed by atoms with E-state index in [1.807, 2.05) is 0 Å². The molecule has 456 valence electrons. The van der Waals surface area contributed by atoms with E-state index in [1.165, 1.54) is 18.9 Å². The van der Waals surface area contributed by atoms with E-state index in [4.69, 9.17) is 42.6 Å². The van der Waals surface area contributed by atoms with Crippen molar-refractivity contribution < 1.29 is 96.9 Å². The normalized spacial score (nSPS) is 25.5. The number of nitrogens with zero attached hydrogens (tertiary/aromatic N) is 2. The summed E-state index contributed by atoms with van der Waals surface area (Å²) in [5.74, 6) is -0.773. The maximum absolute atomic E-state index is 14.4. The van der Waals surface area contributed by atoms with Crippen LogP contribution in [0.2, 0.25) is 0 Å². The van der Waals surface area contributed by atoms with Gasteiger partial charge in [0.05, 0.1) is 56.6 Å². The first-order chi connectivity index (χ1) is 36.1. The Labute approximate surface area is 464 Å². The molecule has 6 amide bonds. The van der Waals surface area contributed by atoms with Gasteiger partial charge in [0.1, 0.15) is 58.2 Å². The van der Waals surface area contributed by atoms with E-state index in [0.717, 1.165) is 4.90 Å². The second-order valence-corrected chi connectivity index (χ2v) is 25.0. The number of carbonyl (C=O) groups is 6. The van der Waals surface area contributed by atoms with Crippen LogP contribution < -0.4 is 26.6 Å². The number of rotatable bonds is 20. The van der Waals surface area contributed by atoms with Gasteiger partial charge < -0.3 is 105 Å². The molecule has 0 radical (unpaired) electrons. The zero-order valence-electron chi connectivity index (χ0n) is 49.3. The fourth-order valence-electron chi connectivity index (χ4n) is 8.14. The number of alkyl carbamates (subject to hydrolysis) is 3. The van der Waals surface area contributed by atoms with Gasteiger partial charge in [-0.05, 0) is 130 Å². The second kappa shape index (κ2) is 28.1. The average molecular weight is 1140 g/mol. The Balaban J connectivity index is 2.14. The van der Waals surface area contributed by atoms with Crippen LogP contribution >= 0.6 is 0 Å². The van der Waals surface area contributed by atoms with E-state index < -0.39 is 157 Å². The summed E-state index contributed by atoms with van der Waals surface area (Å²) < 4.78 is 52.8. The Bertz CT molecular complexity index is 2070. The SMILES string of the molecule is C[C@@H]([C@@H](O)[C@H](OCCO)O[C@@H]1[C@@H](O)[C@H](O[C@H]2OC(CNCC(O)CNC(=O)OC(C)(C)C)=CC[C@H]2NC(=O)OC(C)(C)C)[C@@H](NC(=O)OC(C)(C)C)C[C@H]1NC(=O)C1(O)CCN(C(=O)OC(C)(C)C)C1)N(C)C(=O)OC(C)(C)C. The van der Waals surface area contributed by atoms with Gasteiger partial charge in [-0.15, -0.1) is 0 Å². The van der Waals surface area contributed by atoms with Gasteiger partial charge in [-0.3, -0.25) is 4.79 Å². The molecule has 79 heavy (non-hydrogen) atoms. The lowest BCUT2D eigenvalue weighted by atomic mass is 9.82. The third kappa shape index (κ3) is 23.6. The van der Waals surface area contributed by atoms with Crippen molar-refractivity contribution in [3.05, 3.63) is 11.8 Å². The first kappa shape index (κ1) is 68.3. The van der Waals surface area contributed by atoms with E-state index in [1.54, 1.807) is 110 Å². The van der Waals surface area contributed by atoms with E-state index in [-0.39, 0.29) is 51.2 Å². The lowest BCUT2D eigenvalue weighted by molar-refractivity contribution is -0.276. The molecule has 0 aromatic rings. The minimum Gasteiger partial charge on any atom is -0.466 e. The van der Waals surface area contributed by atoms with Crippen molar-refractivity contribution >= 4 is 36.4 Å². The molecule has 0 spiro atoms. The number of likely N-dealkylation sites (N-methyl/N-ethyl adjacent to an activating group) is 1. The molecule has 2 heterocycles. The molecule has 0 aromatic heterocycles. The Morgan fingerprint density at radius 2 is 1.29 bits per heavy atom. The number of aliphatic hydroxyl groups is 5. The molecule has 1 saturated carbocycles. The third-order valence-electron chi connectivity index (χ3n) is 11.8. The van der Waals surface area contributed by atoms with Crippen molar-refractivity contribution in [3.63, 3.8) is 0 Å². The van der Waals surface area contributed by atoms with Gasteiger partial charge in [-0.1, -0.05) is 0 Å². The number of nitrogens with one attached hydrogen (secondary N) is 5. The van der Waals surface area contributed by atoms with Crippen LogP contribution in [0.4, 0.5) is 24.0 Å². The highest BCUT2D eigenvalue weighted by atomic mass is 16.7. The maximum Gasteiger partial charge on any atom is 0.410 e. The first-order valence-electron chi connectivity index (χ1n) is 26.7. The lowest BCUT2D eigenvalue weighted by Crippen LogP contribution is -2.69. The van der Waals surface area contributed by atoms with Gasteiger partial charge in [0.15, 0.2) is 11.9 Å². The number of β-amino-alcohol motifs (C(OH)–C–C–N with tert-alkyl or cyclic N) is 1. The van der Waals surface area contributed by atoms with Crippen LogP contribution in [-0.2, 0) is 47.4 Å². The molecule has 3 aliphatic rings. The molecule has 27 heteroatoms. The molecule has 0 aromatic carbocycles. The van der Waals surface area contributed by atoms with Crippen LogP contribution in [0.25, 0.3) is 0 Å². The summed E-state index contributed by atoms with van der Waals surface area (Å²) in [6.45, 7) is 24.5. The Hall–Kier alpha value is -5.00. The quantitative estimate of drug-likeness (QED) is 0.0617. The van der Waals surface area contributed by atoms with Crippen molar-refractivity contribution in [3.8, 4) is 0 Å². The highest BCUT2D eigenvalue weighted by Crippen LogP contribution is 2.33. The second-order valence-electron chi connectivity index (χ2n) is 25.0. The highest BCUT2D eigenvalue weighted by Gasteiger charge is 2.53. The largest absolute Gasteiger partial charge is 0.466 e. The fraction of sp³-hybridized carbons (Fsp3) is 0.846. The topological polar surface area (TPSA) is 353 Å². The predicted octanol–water partition coefficient (Wildman–Crippen LogP) is 2.22. The van der Waals surface area contributed by atoms with Crippen molar-refractivity contribution in [2.75, 3.05) is 53.0 Å². The first-order valence-corrected chi connectivity index (χ1v) is 26.7. The van der Waals surface area contributed by atoms with E-state index in [2.05, 4.69) is 26.6 Å². The number of ether oxygens (including phenoxy) is 9. The number of likely N-dealkylation sites (tertiary alicyclic amines) is 1. The number of hydrogen-bond acceptors (Lipinski definition) is 21. The molecule has 12 atom stereocenters. The molecular weight excluding hydrogens is 1040 g/mol. The fourth-order valence-corrected chi connectivity index (χ4v) is 8.14. The van der Waals surface area contributed by atoms with Gasteiger partial charge in [-0.2, -0.15) is 0 Å². The smallest absolute Gasteiger partial charge is 0.410 e.